The van der Waals surface area contributed by atoms with E-state index in [-0.39, 0.29) is 0 Å². The summed E-state index contributed by atoms with van der Waals surface area (Å²) in [5, 5.41) is 0. The van der Waals surface area contributed by atoms with Crippen molar-refractivity contribution in [3.05, 3.63) is 11.9 Å². The quantitative estimate of drug-likeness (QED) is 0.501. The first-order chi connectivity index (χ1) is 3.18. The zero-order valence-electron chi connectivity index (χ0n) is 4.81. The van der Waals surface area contributed by atoms with E-state index in [0.29, 0.717) is 5.92 Å². The van der Waals surface area contributed by atoms with Gasteiger partial charge in [0, 0.05) is 11.9 Å². The number of hydrogen-bond donors (Lipinski definition) is 2. The van der Waals surface area contributed by atoms with Gasteiger partial charge in [0.15, 0.2) is 0 Å². The number of rotatable bonds is 1. The molecule has 0 radical (unpaired) electrons. The molecule has 2 nitrogen and oxygen atoms in total. The van der Waals surface area contributed by atoms with Gasteiger partial charge in [0.2, 0.25) is 0 Å². The van der Waals surface area contributed by atoms with Crippen LogP contribution in [-0.2, 0) is 0 Å². The highest BCUT2D eigenvalue weighted by molar-refractivity contribution is 4.95. The molecule has 2 heteroatoms. The molecule has 0 fully saturated rings. The molecule has 0 amide bonds. The molecular formula is C5H12N2. The van der Waals surface area contributed by atoms with Crippen LogP contribution in [-0.4, -0.2) is 0 Å². The Labute approximate surface area is 44.2 Å². The topological polar surface area (TPSA) is 52.0 Å². The molecule has 0 atom stereocenters. The third-order valence-corrected chi connectivity index (χ3v) is 0.859. The van der Waals surface area contributed by atoms with Gasteiger partial charge in [-0.15, -0.1) is 0 Å². The predicted molar refractivity (Wildman–Crippen MR) is 31.3 cm³/mol. The average molecular weight is 100 g/mol. The van der Waals surface area contributed by atoms with E-state index in [0.717, 1.165) is 5.70 Å². The fourth-order valence-corrected chi connectivity index (χ4v) is 0.192. The van der Waals surface area contributed by atoms with Crippen molar-refractivity contribution in [2.75, 3.05) is 0 Å². The monoisotopic (exact) mass is 100 g/mol. The van der Waals surface area contributed by atoms with Crippen LogP contribution in [0.1, 0.15) is 13.8 Å². The summed E-state index contributed by atoms with van der Waals surface area (Å²) in [6, 6.07) is 0. The van der Waals surface area contributed by atoms with E-state index in [1.165, 1.54) is 6.20 Å². The van der Waals surface area contributed by atoms with E-state index >= 15 is 0 Å². The second kappa shape index (κ2) is 2.50. The first-order valence-corrected chi connectivity index (χ1v) is 2.35. The van der Waals surface area contributed by atoms with Crippen LogP contribution in [0.15, 0.2) is 11.9 Å². The lowest BCUT2D eigenvalue weighted by Crippen LogP contribution is -2.06. The van der Waals surface area contributed by atoms with Crippen LogP contribution < -0.4 is 11.5 Å². The van der Waals surface area contributed by atoms with Crippen LogP contribution in [0.2, 0.25) is 0 Å². The van der Waals surface area contributed by atoms with E-state index in [1.807, 2.05) is 13.8 Å². The van der Waals surface area contributed by atoms with Crippen molar-refractivity contribution in [1.29, 1.82) is 0 Å². The van der Waals surface area contributed by atoms with Crippen LogP contribution in [0.25, 0.3) is 0 Å². The molecule has 7 heavy (non-hydrogen) atoms. The molecule has 0 rings (SSSR count). The molecule has 0 aromatic rings. The minimum absolute atomic E-state index is 0.380. The molecule has 0 spiro atoms. The van der Waals surface area contributed by atoms with Gasteiger partial charge in [-0.05, 0) is 5.92 Å². The zero-order valence-corrected chi connectivity index (χ0v) is 4.81. The average Bonchev–Trinajstić information content (AvgIpc) is 1.65. The van der Waals surface area contributed by atoms with Gasteiger partial charge in [-0.25, -0.2) is 0 Å². The van der Waals surface area contributed by atoms with Crippen molar-refractivity contribution in [1.82, 2.24) is 0 Å². The highest BCUT2D eigenvalue weighted by atomic mass is 14.6. The summed E-state index contributed by atoms with van der Waals surface area (Å²) >= 11 is 0. The fourth-order valence-electron chi connectivity index (χ4n) is 0.192. The van der Waals surface area contributed by atoms with Crippen LogP contribution in [0, 0.1) is 5.92 Å². The van der Waals surface area contributed by atoms with Crippen molar-refractivity contribution in [3.63, 3.8) is 0 Å². The van der Waals surface area contributed by atoms with Crippen LogP contribution in [0.3, 0.4) is 0 Å². The van der Waals surface area contributed by atoms with Gasteiger partial charge in [0.1, 0.15) is 0 Å². The normalized spacial score (nSPS) is 12.7. The molecule has 0 aliphatic heterocycles. The van der Waals surface area contributed by atoms with E-state index < -0.39 is 0 Å². The van der Waals surface area contributed by atoms with Gasteiger partial charge >= 0.3 is 0 Å². The molecule has 0 aromatic heterocycles. The Balaban J connectivity index is 3.56. The van der Waals surface area contributed by atoms with Crippen LogP contribution >= 0.6 is 0 Å². The summed E-state index contributed by atoms with van der Waals surface area (Å²) in [5.41, 5.74) is 11.2. The summed E-state index contributed by atoms with van der Waals surface area (Å²) < 4.78 is 0. The van der Waals surface area contributed by atoms with E-state index in [1.54, 1.807) is 0 Å². The third-order valence-electron chi connectivity index (χ3n) is 0.859. The number of nitrogens with two attached hydrogens (primary N) is 2. The molecule has 0 aliphatic carbocycles. The standard InChI is InChI=1S/C5H12N2/c1-4(2)5(7)3-6/h3-4H,6-7H2,1-2H3/b5-3+. The summed E-state index contributed by atoms with van der Waals surface area (Å²) in [5.74, 6) is 0.380. The predicted octanol–water partition coefficient (Wildman–Crippen LogP) is 0.401. The summed E-state index contributed by atoms with van der Waals surface area (Å²) in [6.45, 7) is 4.00. The Morgan fingerprint density at radius 2 is 2.00 bits per heavy atom. The zero-order chi connectivity index (χ0) is 5.86. The van der Waals surface area contributed by atoms with Gasteiger partial charge in [0.05, 0.1) is 0 Å². The minimum Gasteiger partial charge on any atom is -0.403 e. The molecular weight excluding hydrogens is 88.1 g/mol. The van der Waals surface area contributed by atoms with Gasteiger partial charge < -0.3 is 11.5 Å². The maximum absolute atomic E-state index is 5.35. The third kappa shape index (κ3) is 2.09. The molecule has 0 aromatic carbocycles. The molecule has 0 aliphatic rings. The fraction of sp³-hybridized carbons (Fsp3) is 0.600. The number of allylic oxidation sites excluding steroid dienone is 1. The van der Waals surface area contributed by atoms with Crippen molar-refractivity contribution >= 4 is 0 Å². The van der Waals surface area contributed by atoms with Crippen LogP contribution in [0.4, 0.5) is 0 Å². The Morgan fingerprint density at radius 1 is 1.57 bits per heavy atom. The van der Waals surface area contributed by atoms with Crippen molar-refractivity contribution in [2.45, 2.75) is 13.8 Å². The lowest BCUT2D eigenvalue weighted by atomic mass is 10.2. The molecule has 0 saturated carbocycles. The van der Waals surface area contributed by atoms with E-state index in [4.69, 9.17) is 11.5 Å². The Morgan fingerprint density at radius 3 is 2.00 bits per heavy atom. The van der Waals surface area contributed by atoms with Gasteiger partial charge in [-0.2, -0.15) is 0 Å². The molecule has 0 heterocycles. The Hall–Kier alpha value is -0.660. The first kappa shape index (κ1) is 6.34. The number of hydrogen-bond acceptors (Lipinski definition) is 2. The lowest BCUT2D eigenvalue weighted by Gasteiger charge is -2.00. The SMILES string of the molecule is CC(C)/C(N)=C\N. The second-order valence-corrected chi connectivity index (χ2v) is 1.82. The smallest absolute Gasteiger partial charge is 0.0264 e. The van der Waals surface area contributed by atoms with Crippen molar-refractivity contribution < 1.29 is 0 Å². The maximum Gasteiger partial charge on any atom is 0.0264 e. The lowest BCUT2D eigenvalue weighted by molar-refractivity contribution is 0.754. The molecule has 0 bridgehead atoms. The molecule has 42 valence electrons. The van der Waals surface area contributed by atoms with E-state index in [9.17, 15) is 0 Å². The highest BCUT2D eigenvalue weighted by Gasteiger charge is 1.91. The first-order valence-electron chi connectivity index (χ1n) is 2.35. The molecule has 4 N–H and O–H groups in total. The maximum atomic E-state index is 5.35. The van der Waals surface area contributed by atoms with Gasteiger partial charge in [-0.3, -0.25) is 0 Å². The Bertz CT molecular complexity index is 74.1. The van der Waals surface area contributed by atoms with Gasteiger partial charge in [-0.1, -0.05) is 13.8 Å². The van der Waals surface area contributed by atoms with Crippen molar-refractivity contribution in [3.8, 4) is 0 Å². The Kier molecular flexibility index (Phi) is 2.27. The molecule has 0 unspecified atom stereocenters. The highest BCUT2D eigenvalue weighted by Crippen LogP contribution is 1.97. The van der Waals surface area contributed by atoms with E-state index in [2.05, 4.69) is 0 Å². The second-order valence-electron chi connectivity index (χ2n) is 1.82. The minimum atomic E-state index is 0.380. The molecule has 0 saturated heterocycles. The summed E-state index contributed by atoms with van der Waals surface area (Å²) in [6.07, 6.45) is 1.44. The summed E-state index contributed by atoms with van der Waals surface area (Å²) in [4.78, 5) is 0. The van der Waals surface area contributed by atoms with Gasteiger partial charge in [0.25, 0.3) is 0 Å². The largest absolute Gasteiger partial charge is 0.403 e. The van der Waals surface area contributed by atoms with Crippen LogP contribution in [0.5, 0.6) is 0 Å². The van der Waals surface area contributed by atoms with Crippen molar-refractivity contribution in [2.24, 2.45) is 17.4 Å². The summed E-state index contributed by atoms with van der Waals surface area (Å²) in [7, 11) is 0.